The molecule has 0 aliphatic carbocycles. The average Bonchev–Trinajstić information content (AvgIpc) is 2.52. The number of carbonyl (C=O) groups excluding carboxylic acids is 1. The molecular weight excluding hydrogens is 192 g/mol. The average molecular weight is 202 g/mol. The Hall–Kier alpha value is -0.420. The summed E-state index contributed by atoms with van der Waals surface area (Å²) in [6, 6.07) is 0. The van der Waals surface area contributed by atoms with Gasteiger partial charge in [0.2, 0.25) is 0 Å². The Labute approximate surface area is 80.6 Å². The molecule has 1 aromatic rings. The molecule has 0 aliphatic rings. The third-order valence-electron chi connectivity index (χ3n) is 1.34. The summed E-state index contributed by atoms with van der Waals surface area (Å²) < 4.78 is 0. The van der Waals surface area contributed by atoms with Crippen molar-refractivity contribution in [2.45, 2.75) is 19.8 Å². The second kappa shape index (κ2) is 4.57. The van der Waals surface area contributed by atoms with E-state index >= 15 is 0 Å². The first-order valence-corrected chi connectivity index (χ1v) is 5.15. The normalized spacial score (nSPS) is 10.2. The largest absolute Gasteiger partial charge is 0.298 e. The van der Waals surface area contributed by atoms with Crippen molar-refractivity contribution in [1.82, 2.24) is 10.2 Å². The van der Waals surface area contributed by atoms with E-state index < -0.39 is 0 Å². The van der Waals surface area contributed by atoms with E-state index in [1.807, 2.05) is 6.92 Å². The highest BCUT2D eigenvalue weighted by atomic mass is 32.1. The van der Waals surface area contributed by atoms with Gasteiger partial charge in [-0.05, 0) is 6.42 Å². The van der Waals surface area contributed by atoms with Gasteiger partial charge in [0.15, 0.2) is 0 Å². The van der Waals surface area contributed by atoms with Crippen LogP contribution >= 0.6 is 24.0 Å². The Bertz CT molecular complexity index is 272. The van der Waals surface area contributed by atoms with Crippen LogP contribution in [0.3, 0.4) is 0 Å². The van der Waals surface area contributed by atoms with E-state index in [-0.39, 0.29) is 11.5 Å². The zero-order valence-corrected chi connectivity index (χ0v) is 8.49. The standard InChI is InChI=1S/C7H10N2OS2/c1-2-6-8-9-7(12-6)3-5(10)4-11/h11H,2-4H2,1H3. The minimum Gasteiger partial charge on any atom is -0.298 e. The number of hydrogen-bond donors (Lipinski definition) is 1. The van der Waals surface area contributed by atoms with Crippen LogP contribution in [0.4, 0.5) is 0 Å². The molecule has 0 bridgehead atoms. The van der Waals surface area contributed by atoms with Crippen molar-refractivity contribution in [1.29, 1.82) is 0 Å². The van der Waals surface area contributed by atoms with E-state index in [4.69, 9.17) is 0 Å². The van der Waals surface area contributed by atoms with Gasteiger partial charge in [-0.1, -0.05) is 6.92 Å². The summed E-state index contributed by atoms with van der Waals surface area (Å²) in [4.78, 5) is 10.9. The van der Waals surface area contributed by atoms with E-state index in [9.17, 15) is 4.79 Å². The summed E-state index contributed by atoms with van der Waals surface area (Å²) in [7, 11) is 0. The van der Waals surface area contributed by atoms with Crippen LogP contribution in [0.5, 0.6) is 0 Å². The maximum Gasteiger partial charge on any atom is 0.149 e. The molecule has 0 saturated carbocycles. The van der Waals surface area contributed by atoms with E-state index in [2.05, 4.69) is 22.8 Å². The van der Waals surface area contributed by atoms with Crippen molar-refractivity contribution in [3.05, 3.63) is 10.0 Å². The molecule has 1 aromatic heterocycles. The molecule has 0 saturated heterocycles. The Kier molecular flexibility index (Phi) is 3.68. The minimum absolute atomic E-state index is 0.0946. The lowest BCUT2D eigenvalue weighted by molar-refractivity contribution is -0.115. The predicted molar refractivity (Wildman–Crippen MR) is 51.9 cm³/mol. The lowest BCUT2D eigenvalue weighted by Gasteiger charge is -1.88. The molecule has 5 heteroatoms. The van der Waals surface area contributed by atoms with Crippen LogP contribution in [-0.4, -0.2) is 21.7 Å². The third kappa shape index (κ3) is 2.57. The van der Waals surface area contributed by atoms with Crippen LogP contribution in [0.25, 0.3) is 0 Å². The third-order valence-corrected chi connectivity index (χ3v) is 2.76. The summed E-state index contributed by atoms with van der Waals surface area (Å²) in [5.41, 5.74) is 0. The summed E-state index contributed by atoms with van der Waals surface area (Å²) >= 11 is 5.38. The Morgan fingerprint density at radius 3 is 2.67 bits per heavy atom. The molecule has 0 aliphatic heterocycles. The van der Waals surface area contributed by atoms with Gasteiger partial charge < -0.3 is 0 Å². The molecule has 66 valence electrons. The first kappa shape index (κ1) is 9.67. The molecule has 0 atom stereocenters. The van der Waals surface area contributed by atoms with E-state index in [0.717, 1.165) is 16.4 Å². The highest BCUT2D eigenvalue weighted by Crippen LogP contribution is 2.10. The van der Waals surface area contributed by atoms with Crippen LogP contribution in [0.2, 0.25) is 0 Å². The molecule has 3 nitrogen and oxygen atoms in total. The van der Waals surface area contributed by atoms with Crippen molar-refractivity contribution >= 4 is 29.7 Å². The number of Topliss-reactive ketones (excluding diaryl/α,β-unsaturated/α-hetero) is 1. The summed E-state index contributed by atoms with van der Waals surface area (Å²) in [6.45, 7) is 2.02. The molecular formula is C7H10N2OS2. The number of aryl methyl sites for hydroxylation is 1. The highest BCUT2D eigenvalue weighted by Gasteiger charge is 2.06. The summed E-state index contributed by atoms with van der Waals surface area (Å²) in [6.07, 6.45) is 1.26. The van der Waals surface area contributed by atoms with Crippen molar-refractivity contribution in [2.24, 2.45) is 0 Å². The van der Waals surface area contributed by atoms with Crippen molar-refractivity contribution in [3.8, 4) is 0 Å². The second-order valence-corrected chi connectivity index (χ2v) is 3.78. The quantitative estimate of drug-likeness (QED) is 0.745. The molecule has 12 heavy (non-hydrogen) atoms. The monoisotopic (exact) mass is 202 g/mol. The molecule has 1 heterocycles. The topological polar surface area (TPSA) is 42.9 Å². The van der Waals surface area contributed by atoms with Gasteiger partial charge in [0.25, 0.3) is 0 Å². The summed E-state index contributed by atoms with van der Waals surface area (Å²) in [5.74, 6) is 0.373. The van der Waals surface area contributed by atoms with Gasteiger partial charge in [-0.15, -0.1) is 21.5 Å². The number of ketones is 1. The number of thiol groups is 1. The summed E-state index contributed by atoms with van der Waals surface area (Å²) in [5, 5.41) is 9.58. The molecule has 1 rings (SSSR count). The van der Waals surface area contributed by atoms with Crippen molar-refractivity contribution in [2.75, 3.05) is 5.75 Å². The van der Waals surface area contributed by atoms with Crippen LogP contribution in [0, 0.1) is 0 Å². The fourth-order valence-corrected chi connectivity index (χ4v) is 1.65. The molecule has 0 fully saturated rings. The predicted octanol–water partition coefficient (Wildman–Crippen LogP) is 1.14. The van der Waals surface area contributed by atoms with Gasteiger partial charge in [0.05, 0.1) is 6.42 Å². The Balaban J connectivity index is 2.58. The maximum atomic E-state index is 10.9. The lowest BCUT2D eigenvalue weighted by Crippen LogP contribution is -2.03. The zero-order chi connectivity index (χ0) is 8.97. The highest BCUT2D eigenvalue weighted by molar-refractivity contribution is 7.81. The van der Waals surface area contributed by atoms with Gasteiger partial charge >= 0.3 is 0 Å². The van der Waals surface area contributed by atoms with Gasteiger partial charge in [-0.25, -0.2) is 0 Å². The second-order valence-electron chi connectivity index (χ2n) is 2.32. The molecule has 0 N–H and O–H groups in total. The smallest absolute Gasteiger partial charge is 0.149 e. The fraction of sp³-hybridized carbons (Fsp3) is 0.571. The molecule has 0 amide bonds. The van der Waals surface area contributed by atoms with Gasteiger partial charge in [-0.2, -0.15) is 12.6 Å². The van der Waals surface area contributed by atoms with Crippen LogP contribution < -0.4 is 0 Å². The first-order valence-electron chi connectivity index (χ1n) is 3.70. The molecule has 0 radical (unpaired) electrons. The van der Waals surface area contributed by atoms with E-state index in [1.54, 1.807) is 0 Å². The van der Waals surface area contributed by atoms with E-state index in [1.165, 1.54) is 11.3 Å². The number of aromatic nitrogens is 2. The number of hydrogen-bond acceptors (Lipinski definition) is 5. The molecule has 0 unspecified atom stereocenters. The van der Waals surface area contributed by atoms with Crippen LogP contribution in [0.1, 0.15) is 16.9 Å². The SMILES string of the molecule is CCc1nnc(CC(=O)CS)s1. The first-order chi connectivity index (χ1) is 5.76. The Morgan fingerprint density at radius 2 is 2.17 bits per heavy atom. The Morgan fingerprint density at radius 1 is 1.50 bits per heavy atom. The van der Waals surface area contributed by atoms with Gasteiger partial charge in [0, 0.05) is 5.75 Å². The fourth-order valence-electron chi connectivity index (χ4n) is 0.727. The number of carbonyl (C=O) groups is 1. The van der Waals surface area contributed by atoms with Crippen LogP contribution in [0.15, 0.2) is 0 Å². The maximum absolute atomic E-state index is 10.9. The zero-order valence-electron chi connectivity index (χ0n) is 6.78. The molecule has 0 aromatic carbocycles. The van der Waals surface area contributed by atoms with Gasteiger partial charge in [-0.3, -0.25) is 4.79 Å². The minimum atomic E-state index is 0.0946. The number of nitrogens with zero attached hydrogens (tertiary/aromatic N) is 2. The lowest BCUT2D eigenvalue weighted by atomic mass is 10.3. The van der Waals surface area contributed by atoms with Crippen LogP contribution in [-0.2, 0) is 17.6 Å². The molecule has 0 spiro atoms. The van der Waals surface area contributed by atoms with E-state index in [0.29, 0.717) is 6.42 Å². The van der Waals surface area contributed by atoms with Crippen molar-refractivity contribution < 1.29 is 4.79 Å². The van der Waals surface area contributed by atoms with Gasteiger partial charge in [0.1, 0.15) is 15.8 Å². The van der Waals surface area contributed by atoms with Crippen molar-refractivity contribution in [3.63, 3.8) is 0 Å². The number of rotatable bonds is 4.